The number of amides is 3. The van der Waals surface area contributed by atoms with E-state index in [9.17, 15) is 24.3 Å². The summed E-state index contributed by atoms with van der Waals surface area (Å²) in [6.07, 6.45) is 2.67. The van der Waals surface area contributed by atoms with Gasteiger partial charge in [-0.1, -0.05) is 18.2 Å². The lowest BCUT2D eigenvalue weighted by Crippen LogP contribution is -2.37. The van der Waals surface area contributed by atoms with Crippen molar-refractivity contribution in [3.63, 3.8) is 0 Å². The van der Waals surface area contributed by atoms with Gasteiger partial charge in [-0.15, -0.1) is 0 Å². The average Bonchev–Trinajstić information content (AvgIpc) is 3.70. The predicted octanol–water partition coefficient (Wildman–Crippen LogP) is 2.18. The van der Waals surface area contributed by atoms with Gasteiger partial charge in [-0.05, 0) is 61.9 Å². The van der Waals surface area contributed by atoms with Gasteiger partial charge in [0.2, 0.25) is 11.8 Å². The van der Waals surface area contributed by atoms with Crippen molar-refractivity contribution in [3.05, 3.63) is 53.1 Å². The molecule has 0 saturated heterocycles. The molecule has 1 atom stereocenters. The van der Waals surface area contributed by atoms with Crippen LogP contribution in [0.1, 0.15) is 66.6 Å². The van der Waals surface area contributed by atoms with Crippen LogP contribution >= 0.6 is 0 Å². The van der Waals surface area contributed by atoms with E-state index in [1.165, 1.54) is 0 Å². The van der Waals surface area contributed by atoms with Crippen LogP contribution in [0.5, 0.6) is 11.5 Å². The number of carbonyl (C=O) groups is 4. The third-order valence-corrected chi connectivity index (χ3v) is 6.73. The van der Waals surface area contributed by atoms with Gasteiger partial charge in [0, 0.05) is 18.9 Å². The van der Waals surface area contributed by atoms with Gasteiger partial charge < -0.3 is 34.9 Å². The van der Waals surface area contributed by atoms with Gasteiger partial charge in [-0.2, -0.15) is 0 Å². The SMILES string of the molecule is CCOc1cc(C(CCCC(=O)NCC(=O)[O-])N2Cc3cccc(NC(=O)C4CC4)c3C2=O)ccc1OC. The molecule has 10 heteroatoms. The first-order valence-electron chi connectivity index (χ1n) is 12.8. The van der Waals surface area contributed by atoms with Crippen LogP contribution in [0.25, 0.3) is 0 Å². The molecule has 1 saturated carbocycles. The largest absolute Gasteiger partial charge is 0.548 e. The van der Waals surface area contributed by atoms with Gasteiger partial charge in [0.25, 0.3) is 5.91 Å². The molecule has 10 nitrogen and oxygen atoms in total. The summed E-state index contributed by atoms with van der Waals surface area (Å²) < 4.78 is 11.2. The van der Waals surface area contributed by atoms with Gasteiger partial charge in [0.05, 0.1) is 43.5 Å². The summed E-state index contributed by atoms with van der Waals surface area (Å²) in [6.45, 7) is 2.10. The molecule has 2 aliphatic rings. The minimum Gasteiger partial charge on any atom is -0.548 e. The van der Waals surface area contributed by atoms with Crippen molar-refractivity contribution in [3.8, 4) is 11.5 Å². The summed E-state index contributed by atoms with van der Waals surface area (Å²) in [4.78, 5) is 50.7. The summed E-state index contributed by atoms with van der Waals surface area (Å²) in [5, 5.41) is 15.9. The lowest BCUT2D eigenvalue weighted by Gasteiger charge is -2.29. The Labute approximate surface area is 221 Å². The van der Waals surface area contributed by atoms with E-state index >= 15 is 0 Å². The number of fused-ring (bicyclic) bond motifs is 1. The van der Waals surface area contributed by atoms with Crippen LogP contribution < -0.4 is 25.2 Å². The smallest absolute Gasteiger partial charge is 0.257 e. The number of hydrogen-bond acceptors (Lipinski definition) is 7. The number of rotatable bonds is 13. The van der Waals surface area contributed by atoms with Gasteiger partial charge in [-0.3, -0.25) is 14.4 Å². The molecular formula is C28H32N3O7-. The van der Waals surface area contributed by atoms with Crippen LogP contribution in [0.15, 0.2) is 36.4 Å². The second-order valence-corrected chi connectivity index (χ2v) is 9.44. The topological polar surface area (TPSA) is 137 Å². The zero-order chi connectivity index (χ0) is 27.2. The van der Waals surface area contributed by atoms with Crippen LogP contribution in [-0.4, -0.2) is 48.9 Å². The molecule has 4 rings (SSSR count). The van der Waals surface area contributed by atoms with E-state index in [2.05, 4.69) is 10.6 Å². The zero-order valence-electron chi connectivity index (χ0n) is 21.6. The van der Waals surface area contributed by atoms with E-state index in [0.717, 1.165) is 24.0 Å². The van der Waals surface area contributed by atoms with Crippen LogP contribution in [0.2, 0.25) is 0 Å². The normalized spacial score (nSPS) is 15.0. The Morgan fingerprint density at radius 3 is 2.63 bits per heavy atom. The molecule has 1 aliphatic heterocycles. The third kappa shape index (κ3) is 6.24. The lowest BCUT2D eigenvalue weighted by atomic mass is 9.98. The number of nitrogens with zero attached hydrogens (tertiary/aromatic N) is 1. The molecule has 38 heavy (non-hydrogen) atoms. The first kappa shape index (κ1) is 27.0. The zero-order valence-corrected chi connectivity index (χ0v) is 21.6. The molecule has 0 aromatic heterocycles. The van der Waals surface area contributed by atoms with E-state index < -0.39 is 24.5 Å². The number of carbonyl (C=O) groups excluding carboxylic acids is 4. The fourth-order valence-electron chi connectivity index (χ4n) is 4.71. The highest BCUT2D eigenvalue weighted by atomic mass is 16.5. The minimum absolute atomic E-state index is 0.00514. The van der Waals surface area contributed by atoms with Crippen LogP contribution in [0, 0.1) is 5.92 Å². The molecule has 1 fully saturated rings. The van der Waals surface area contributed by atoms with E-state index in [4.69, 9.17) is 9.47 Å². The van der Waals surface area contributed by atoms with Gasteiger partial charge >= 0.3 is 0 Å². The van der Waals surface area contributed by atoms with Crippen molar-refractivity contribution in [2.24, 2.45) is 5.92 Å². The standard InChI is InChI=1S/C28H33N3O7/c1-3-38-23-14-18(12-13-22(23)37-2)21(8-5-9-24(32)29-15-25(33)34)31-16-19-6-4-7-20(26(19)28(31)36)30-27(35)17-10-11-17/h4,6-7,12-14,17,21H,3,5,8-11,15-16H2,1-2H3,(H,29,32)(H,30,35)(H,33,34)/p-1. The second-order valence-electron chi connectivity index (χ2n) is 9.44. The number of carboxylic acid groups (broad SMARTS) is 1. The maximum Gasteiger partial charge on any atom is 0.257 e. The Morgan fingerprint density at radius 1 is 1.16 bits per heavy atom. The molecule has 202 valence electrons. The Bertz CT molecular complexity index is 1220. The van der Waals surface area contributed by atoms with Gasteiger partial charge in [0.15, 0.2) is 11.5 Å². The highest BCUT2D eigenvalue weighted by Gasteiger charge is 2.37. The van der Waals surface area contributed by atoms with Crippen molar-refractivity contribution >= 4 is 29.4 Å². The molecule has 2 aromatic carbocycles. The van der Waals surface area contributed by atoms with E-state index in [1.54, 1.807) is 24.1 Å². The van der Waals surface area contributed by atoms with Gasteiger partial charge in [0.1, 0.15) is 0 Å². The fraction of sp³-hybridized carbons (Fsp3) is 0.429. The number of benzene rings is 2. The second kappa shape index (κ2) is 12.0. The number of aliphatic carboxylic acids is 1. The third-order valence-electron chi connectivity index (χ3n) is 6.73. The van der Waals surface area contributed by atoms with Gasteiger partial charge in [-0.25, -0.2) is 0 Å². The summed E-state index contributed by atoms with van der Waals surface area (Å²) in [5.74, 6) is -0.915. The summed E-state index contributed by atoms with van der Waals surface area (Å²) in [6, 6.07) is 10.6. The van der Waals surface area contributed by atoms with Crippen LogP contribution in [0.4, 0.5) is 5.69 Å². The highest BCUT2D eigenvalue weighted by Crippen LogP contribution is 2.40. The molecule has 2 aromatic rings. The van der Waals surface area contributed by atoms with Crippen LogP contribution in [-0.2, 0) is 20.9 Å². The number of hydrogen-bond donors (Lipinski definition) is 2. The Morgan fingerprint density at radius 2 is 1.95 bits per heavy atom. The molecular weight excluding hydrogens is 490 g/mol. The molecule has 1 aliphatic carbocycles. The number of carboxylic acids is 1. The predicted molar refractivity (Wildman–Crippen MR) is 136 cm³/mol. The average molecular weight is 523 g/mol. The minimum atomic E-state index is -1.36. The number of anilines is 1. The van der Waals surface area contributed by atoms with E-state index in [1.807, 2.05) is 31.2 Å². The molecule has 0 spiro atoms. The maximum absolute atomic E-state index is 13.8. The fourth-order valence-corrected chi connectivity index (χ4v) is 4.71. The highest BCUT2D eigenvalue weighted by molar-refractivity contribution is 6.07. The Balaban J connectivity index is 1.59. The van der Waals surface area contributed by atoms with Crippen molar-refractivity contribution in [1.29, 1.82) is 0 Å². The Hall–Kier alpha value is -4.08. The number of methoxy groups -OCH3 is 1. The van der Waals surface area contributed by atoms with Crippen LogP contribution in [0.3, 0.4) is 0 Å². The van der Waals surface area contributed by atoms with E-state index in [-0.39, 0.29) is 24.2 Å². The molecule has 0 radical (unpaired) electrons. The summed E-state index contributed by atoms with van der Waals surface area (Å²) >= 11 is 0. The molecule has 1 heterocycles. The Kier molecular flexibility index (Phi) is 8.50. The van der Waals surface area contributed by atoms with Crippen molar-refractivity contribution in [2.45, 2.75) is 51.6 Å². The van der Waals surface area contributed by atoms with E-state index in [0.29, 0.717) is 48.7 Å². The number of nitrogens with one attached hydrogen (secondary N) is 2. The molecule has 0 bridgehead atoms. The molecule has 3 amide bonds. The van der Waals surface area contributed by atoms with Crippen molar-refractivity contribution < 1.29 is 33.8 Å². The monoisotopic (exact) mass is 522 g/mol. The molecule has 2 N–H and O–H groups in total. The quantitative estimate of drug-likeness (QED) is 0.411. The summed E-state index contributed by atoms with van der Waals surface area (Å²) in [7, 11) is 1.55. The maximum atomic E-state index is 13.8. The number of ether oxygens (including phenoxy) is 2. The molecule has 1 unspecified atom stereocenters. The van der Waals surface area contributed by atoms with Crippen molar-refractivity contribution in [1.82, 2.24) is 10.2 Å². The lowest BCUT2D eigenvalue weighted by molar-refractivity contribution is -0.304. The van der Waals surface area contributed by atoms with Crippen molar-refractivity contribution in [2.75, 3.05) is 25.6 Å². The first-order chi connectivity index (χ1) is 18.3. The first-order valence-corrected chi connectivity index (χ1v) is 12.8. The summed E-state index contributed by atoms with van der Waals surface area (Å²) in [5.41, 5.74) is 2.63.